The van der Waals surface area contributed by atoms with E-state index in [1.165, 1.54) is 7.11 Å². The molecule has 1 heterocycles. The van der Waals surface area contributed by atoms with E-state index in [1.807, 2.05) is 24.3 Å². The van der Waals surface area contributed by atoms with Crippen LogP contribution in [0.4, 0.5) is 0 Å². The first kappa shape index (κ1) is 17.6. The normalized spacial score (nSPS) is 10.5. The third-order valence-corrected chi connectivity index (χ3v) is 4.67. The number of hydrogen-bond acceptors (Lipinski definition) is 6. The Balaban J connectivity index is 1.70. The Hall–Kier alpha value is -2.19. The molecule has 0 spiro atoms. The molecule has 1 aromatic heterocycles. The van der Waals surface area contributed by atoms with Crippen molar-refractivity contribution < 1.29 is 18.7 Å². The van der Waals surface area contributed by atoms with Gasteiger partial charge in [-0.2, -0.15) is 0 Å². The largest absolute Gasteiger partial charge is 0.497 e. The summed E-state index contributed by atoms with van der Waals surface area (Å²) in [6, 6.07) is 12.5. The lowest BCUT2D eigenvalue weighted by atomic mass is 10.2. The van der Waals surface area contributed by atoms with Crippen LogP contribution in [0.15, 0.2) is 55.8 Å². The van der Waals surface area contributed by atoms with E-state index in [0.717, 1.165) is 10.0 Å². The van der Waals surface area contributed by atoms with Crippen LogP contribution in [-0.4, -0.2) is 23.3 Å². The number of esters is 1. The number of halogens is 2. The van der Waals surface area contributed by atoms with Crippen LogP contribution in [0.1, 0.15) is 16.2 Å². The third-order valence-electron chi connectivity index (χ3n) is 3.29. The van der Waals surface area contributed by atoms with E-state index in [9.17, 15) is 4.79 Å². The second-order valence-corrected chi connectivity index (χ2v) is 6.61. The van der Waals surface area contributed by atoms with Crippen molar-refractivity contribution in [2.24, 2.45) is 0 Å². The van der Waals surface area contributed by atoms with E-state index in [-0.39, 0.29) is 12.5 Å². The van der Waals surface area contributed by atoms with Gasteiger partial charge in [0.1, 0.15) is 5.75 Å². The van der Waals surface area contributed by atoms with Gasteiger partial charge in [-0.25, -0.2) is 4.79 Å². The molecular formula is C17H12Br2N2O4. The first-order chi connectivity index (χ1) is 12.1. The topological polar surface area (TPSA) is 74.5 Å². The molecule has 0 atom stereocenters. The molecule has 8 heteroatoms. The second kappa shape index (κ2) is 7.79. The summed E-state index contributed by atoms with van der Waals surface area (Å²) < 4.78 is 17.3. The highest BCUT2D eigenvalue weighted by atomic mass is 79.9. The lowest BCUT2D eigenvalue weighted by molar-refractivity contribution is 0.0437. The molecule has 0 amide bonds. The van der Waals surface area contributed by atoms with Crippen molar-refractivity contribution in [1.29, 1.82) is 0 Å². The SMILES string of the molecule is COc1ccc(Br)c(C(=O)OCc2nnc(-c3ccccc3Br)o2)c1. The quantitative estimate of drug-likeness (QED) is 0.509. The van der Waals surface area contributed by atoms with E-state index in [0.29, 0.717) is 21.7 Å². The first-order valence-corrected chi connectivity index (χ1v) is 8.75. The summed E-state index contributed by atoms with van der Waals surface area (Å²) in [7, 11) is 1.53. The predicted octanol–water partition coefficient (Wildman–Crippen LogP) is 4.63. The van der Waals surface area contributed by atoms with Crippen molar-refractivity contribution in [2.45, 2.75) is 6.61 Å². The lowest BCUT2D eigenvalue weighted by Gasteiger charge is -2.06. The number of carbonyl (C=O) groups is 1. The van der Waals surface area contributed by atoms with Gasteiger partial charge < -0.3 is 13.9 Å². The van der Waals surface area contributed by atoms with Gasteiger partial charge in [-0.15, -0.1) is 10.2 Å². The molecule has 3 rings (SSSR count). The number of aromatic nitrogens is 2. The van der Waals surface area contributed by atoms with E-state index in [4.69, 9.17) is 13.9 Å². The molecule has 0 saturated heterocycles. The number of rotatable bonds is 5. The van der Waals surface area contributed by atoms with Gasteiger partial charge >= 0.3 is 5.97 Å². The summed E-state index contributed by atoms with van der Waals surface area (Å²) in [5, 5.41) is 7.88. The van der Waals surface area contributed by atoms with Gasteiger partial charge in [-0.05, 0) is 62.2 Å². The zero-order valence-corrected chi connectivity index (χ0v) is 16.2. The molecule has 0 bridgehead atoms. The molecule has 0 aliphatic carbocycles. The summed E-state index contributed by atoms with van der Waals surface area (Å²) in [4.78, 5) is 12.2. The Kier molecular flexibility index (Phi) is 5.50. The number of hydrogen-bond donors (Lipinski definition) is 0. The molecular weight excluding hydrogens is 456 g/mol. The van der Waals surface area contributed by atoms with Crippen molar-refractivity contribution in [3.63, 3.8) is 0 Å². The van der Waals surface area contributed by atoms with E-state index < -0.39 is 5.97 Å². The average molecular weight is 468 g/mol. The van der Waals surface area contributed by atoms with Gasteiger partial charge in [0.2, 0.25) is 5.89 Å². The smallest absolute Gasteiger partial charge is 0.339 e. The average Bonchev–Trinajstić information content (AvgIpc) is 3.09. The minimum atomic E-state index is -0.522. The fourth-order valence-corrected chi connectivity index (χ4v) is 2.91. The number of benzene rings is 2. The van der Waals surface area contributed by atoms with E-state index >= 15 is 0 Å². The molecule has 0 fully saturated rings. The van der Waals surface area contributed by atoms with Crippen LogP contribution in [-0.2, 0) is 11.3 Å². The maximum absolute atomic E-state index is 12.2. The summed E-state index contributed by atoms with van der Waals surface area (Å²) in [5.41, 5.74) is 1.12. The molecule has 0 aliphatic heterocycles. The Morgan fingerprint density at radius 2 is 1.92 bits per heavy atom. The maximum atomic E-state index is 12.2. The van der Waals surface area contributed by atoms with Gasteiger partial charge in [-0.1, -0.05) is 12.1 Å². The summed E-state index contributed by atoms with van der Waals surface area (Å²) >= 11 is 6.74. The molecule has 0 N–H and O–H groups in total. The van der Waals surface area contributed by atoms with Crippen LogP contribution in [0.2, 0.25) is 0 Å². The molecule has 0 unspecified atom stereocenters. The first-order valence-electron chi connectivity index (χ1n) is 7.16. The Morgan fingerprint density at radius 1 is 1.12 bits per heavy atom. The maximum Gasteiger partial charge on any atom is 0.339 e. The molecule has 6 nitrogen and oxygen atoms in total. The van der Waals surface area contributed by atoms with E-state index in [1.54, 1.807) is 18.2 Å². The monoisotopic (exact) mass is 466 g/mol. The fourth-order valence-electron chi connectivity index (χ4n) is 2.05. The molecule has 0 radical (unpaired) electrons. The zero-order chi connectivity index (χ0) is 17.8. The predicted molar refractivity (Wildman–Crippen MR) is 97.2 cm³/mol. The van der Waals surface area contributed by atoms with Gasteiger partial charge in [0.15, 0.2) is 6.61 Å². The highest BCUT2D eigenvalue weighted by Gasteiger charge is 2.16. The zero-order valence-electron chi connectivity index (χ0n) is 13.0. The van der Waals surface area contributed by atoms with Crippen molar-refractivity contribution in [3.05, 3.63) is 62.9 Å². The van der Waals surface area contributed by atoms with Crippen molar-refractivity contribution in [2.75, 3.05) is 7.11 Å². The van der Waals surface area contributed by atoms with Gasteiger partial charge in [-0.3, -0.25) is 0 Å². The molecule has 2 aromatic carbocycles. The minimum Gasteiger partial charge on any atom is -0.497 e. The number of nitrogens with zero attached hydrogens (tertiary/aromatic N) is 2. The highest BCUT2D eigenvalue weighted by molar-refractivity contribution is 9.10. The van der Waals surface area contributed by atoms with Crippen LogP contribution in [0.3, 0.4) is 0 Å². The van der Waals surface area contributed by atoms with Gasteiger partial charge in [0.25, 0.3) is 5.89 Å². The lowest BCUT2D eigenvalue weighted by Crippen LogP contribution is -2.06. The molecule has 128 valence electrons. The summed E-state index contributed by atoms with van der Waals surface area (Å²) in [5.74, 6) is 0.592. The van der Waals surface area contributed by atoms with Crippen LogP contribution in [0.25, 0.3) is 11.5 Å². The van der Waals surface area contributed by atoms with Crippen LogP contribution < -0.4 is 4.74 Å². The Bertz CT molecular complexity index is 911. The molecule has 3 aromatic rings. The molecule has 0 aliphatic rings. The Labute approximate surface area is 160 Å². The van der Waals surface area contributed by atoms with Crippen molar-refractivity contribution >= 4 is 37.8 Å². The van der Waals surface area contributed by atoms with Crippen molar-refractivity contribution in [3.8, 4) is 17.2 Å². The van der Waals surface area contributed by atoms with E-state index in [2.05, 4.69) is 42.1 Å². The van der Waals surface area contributed by atoms with Crippen LogP contribution >= 0.6 is 31.9 Å². The number of methoxy groups -OCH3 is 1. The van der Waals surface area contributed by atoms with Crippen LogP contribution in [0, 0.1) is 0 Å². The van der Waals surface area contributed by atoms with Gasteiger partial charge in [0.05, 0.1) is 18.2 Å². The summed E-state index contributed by atoms with van der Waals surface area (Å²) in [6.07, 6.45) is 0. The summed E-state index contributed by atoms with van der Waals surface area (Å²) in [6.45, 7) is -0.125. The minimum absolute atomic E-state index is 0.125. The standard InChI is InChI=1S/C17H12Br2N2O4/c1-23-10-6-7-14(19)12(8-10)17(22)24-9-15-20-21-16(25-15)11-4-2-3-5-13(11)18/h2-8H,9H2,1H3. The van der Waals surface area contributed by atoms with Crippen molar-refractivity contribution in [1.82, 2.24) is 10.2 Å². The Morgan fingerprint density at radius 3 is 2.68 bits per heavy atom. The number of carbonyl (C=O) groups excluding carboxylic acids is 1. The van der Waals surface area contributed by atoms with Crippen LogP contribution in [0.5, 0.6) is 5.75 Å². The van der Waals surface area contributed by atoms with Gasteiger partial charge in [0, 0.05) is 8.95 Å². The fraction of sp³-hybridized carbons (Fsp3) is 0.118. The third kappa shape index (κ3) is 4.08. The second-order valence-electron chi connectivity index (χ2n) is 4.90. The number of ether oxygens (including phenoxy) is 2. The molecule has 0 saturated carbocycles. The molecule has 25 heavy (non-hydrogen) atoms. The highest BCUT2D eigenvalue weighted by Crippen LogP contribution is 2.27.